The van der Waals surface area contributed by atoms with Crippen molar-refractivity contribution in [1.82, 2.24) is 9.97 Å². The molecular formula is C14H19N5O. The largest absolute Gasteiger partial charge is 0.377 e. The van der Waals surface area contributed by atoms with Gasteiger partial charge in [-0.3, -0.25) is 0 Å². The van der Waals surface area contributed by atoms with E-state index in [0.29, 0.717) is 24.1 Å². The highest BCUT2D eigenvalue weighted by Crippen LogP contribution is 2.22. The number of nitrogens with two attached hydrogens (primary N) is 1. The number of nitrogen functional groups attached to an aromatic ring is 1. The molecule has 0 spiro atoms. The Morgan fingerprint density at radius 1 is 1.15 bits per heavy atom. The zero-order chi connectivity index (χ0) is 14.5. The van der Waals surface area contributed by atoms with Gasteiger partial charge in [-0.05, 0) is 31.0 Å². The van der Waals surface area contributed by atoms with E-state index in [1.807, 2.05) is 13.8 Å². The van der Waals surface area contributed by atoms with Crippen LogP contribution in [0.4, 0.5) is 17.3 Å². The van der Waals surface area contributed by atoms with E-state index in [9.17, 15) is 0 Å². The lowest BCUT2D eigenvalue weighted by Crippen LogP contribution is -2.12. The molecule has 0 aliphatic rings. The summed E-state index contributed by atoms with van der Waals surface area (Å²) in [5.74, 6) is 7.20. The van der Waals surface area contributed by atoms with Crippen LogP contribution in [0, 0.1) is 13.8 Å². The molecule has 0 aliphatic heterocycles. The number of nitrogens with one attached hydrogen (secondary N) is 2. The topological polar surface area (TPSA) is 85.1 Å². The highest BCUT2D eigenvalue weighted by atomic mass is 16.5. The molecule has 0 atom stereocenters. The zero-order valence-corrected chi connectivity index (χ0v) is 11.9. The Morgan fingerprint density at radius 3 is 2.60 bits per heavy atom. The van der Waals surface area contributed by atoms with Gasteiger partial charge in [-0.1, -0.05) is 12.1 Å². The van der Waals surface area contributed by atoms with Gasteiger partial charge in [0.05, 0.1) is 0 Å². The number of hydrogen-bond acceptors (Lipinski definition) is 6. The maximum Gasteiger partial charge on any atom is 0.158 e. The lowest BCUT2D eigenvalue weighted by atomic mass is 10.1. The number of ether oxygens (including phenoxy) is 1. The average Bonchev–Trinajstić information content (AvgIpc) is 2.43. The van der Waals surface area contributed by atoms with Gasteiger partial charge in [0.2, 0.25) is 0 Å². The minimum atomic E-state index is 0.330. The fraction of sp³-hybridized carbons (Fsp3) is 0.286. The van der Waals surface area contributed by atoms with Gasteiger partial charge in [-0.25, -0.2) is 15.8 Å². The fourth-order valence-corrected chi connectivity index (χ4v) is 1.84. The molecule has 1 heterocycles. The molecule has 2 rings (SSSR count). The maximum absolute atomic E-state index is 5.42. The first-order chi connectivity index (χ1) is 9.62. The van der Waals surface area contributed by atoms with Gasteiger partial charge in [-0.2, -0.15) is 0 Å². The van der Waals surface area contributed by atoms with Gasteiger partial charge in [0.15, 0.2) is 5.82 Å². The van der Waals surface area contributed by atoms with Crippen molar-refractivity contribution in [2.24, 2.45) is 5.84 Å². The Labute approximate surface area is 118 Å². The molecule has 20 heavy (non-hydrogen) atoms. The van der Waals surface area contributed by atoms with Crippen LogP contribution in [0.3, 0.4) is 0 Å². The second-order valence-corrected chi connectivity index (χ2v) is 4.58. The third-order valence-electron chi connectivity index (χ3n) is 2.85. The molecular weight excluding hydrogens is 254 g/mol. The molecule has 0 fully saturated rings. The van der Waals surface area contributed by atoms with Gasteiger partial charge >= 0.3 is 0 Å². The van der Waals surface area contributed by atoms with Crippen LogP contribution in [0.5, 0.6) is 0 Å². The summed E-state index contributed by atoms with van der Waals surface area (Å²) in [5.41, 5.74) is 5.87. The van der Waals surface area contributed by atoms with Crippen LogP contribution in [0.25, 0.3) is 0 Å². The van der Waals surface area contributed by atoms with E-state index >= 15 is 0 Å². The summed E-state index contributed by atoms with van der Waals surface area (Å²) in [5, 5.41) is 3.28. The van der Waals surface area contributed by atoms with Gasteiger partial charge in [0.1, 0.15) is 18.2 Å². The normalized spacial score (nSPS) is 10.4. The molecule has 0 amide bonds. The number of hydrogen-bond donors (Lipinski definition) is 3. The van der Waals surface area contributed by atoms with E-state index in [0.717, 1.165) is 11.3 Å². The number of hydrazine groups is 1. The highest BCUT2D eigenvalue weighted by Gasteiger charge is 2.06. The third-order valence-corrected chi connectivity index (χ3v) is 2.85. The van der Waals surface area contributed by atoms with Crippen molar-refractivity contribution < 1.29 is 4.74 Å². The summed E-state index contributed by atoms with van der Waals surface area (Å²) >= 11 is 0. The molecule has 2 aromatic rings. The van der Waals surface area contributed by atoms with Crippen LogP contribution in [0.1, 0.15) is 17.0 Å². The van der Waals surface area contributed by atoms with Crippen molar-refractivity contribution >= 4 is 17.3 Å². The summed E-state index contributed by atoms with van der Waals surface area (Å²) in [7, 11) is 1.60. The molecule has 6 heteroatoms. The monoisotopic (exact) mass is 273 g/mol. The number of rotatable bonds is 5. The molecule has 0 aliphatic carbocycles. The van der Waals surface area contributed by atoms with E-state index in [4.69, 9.17) is 10.6 Å². The average molecular weight is 273 g/mol. The fourth-order valence-electron chi connectivity index (χ4n) is 1.84. The summed E-state index contributed by atoms with van der Waals surface area (Å²) in [6, 6.07) is 7.96. The SMILES string of the molecule is COCc1nc(NN)cc(Nc2cc(C)ccc2C)n1. The Balaban J connectivity index is 2.32. The number of methoxy groups -OCH3 is 1. The maximum atomic E-state index is 5.42. The van der Waals surface area contributed by atoms with E-state index < -0.39 is 0 Å². The number of anilines is 3. The minimum absolute atomic E-state index is 0.330. The molecule has 0 saturated heterocycles. The summed E-state index contributed by atoms with van der Waals surface area (Å²) in [4.78, 5) is 8.61. The van der Waals surface area contributed by atoms with E-state index in [2.05, 4.69) is 38.9 Å². The first kappa shape index (κ1) is 14.2. The van der Waals surface area contributed by atoms with E-state index in [1.54, 1.807) is 13.2 Å². The molecule has 4 N–H and O–H groups in total. The van der Waals surface area contributed by atoms with Crippen LogP contribution < -0.4 is 16.6 Å². The van der Waals surface area contributed by atoms with Crippen molar-refractivity contribution in [2.45, 2.75) is 20.5 Å². The number of aromatic nitrogens is 2. The lowest BCUT2D eigenvalue weighted by Gasteiger charge is -2.12. The van der Waals surface area contributed by atoms with Crippen molar-refractivity contribution in [3.05, 3.63) is 41.2 Å². The van der Waals surface area contributed by atoms with Crippen molar-refractivity contribution in [3.8, 4) is 0 Å². The minimum Gasteiger partial charge on any atom is -0.377 e. The zero-order valence-electron chi connectivity index (χ0n) is 11.9. The van der Waals surface area contributed by atoms with Crippen LogP contribution >= 0.6 is 0 Å². The lowest BCUT2D eigenvalue weighted by molar-refractivity contribution is 0.178. The summed E-state index contributed by atoms with van der Waals surface area (Å²) in [6.45, 7) is 4.42. The van der Waals surface area contributed by atoms with Crippen LogP contribution in [-0.4, -0.2) is 17.1 Å². The standard InChI is InChI=1S/C14H19N5O/c1-9-4-5-10(2)11(6-9)16-12-7-13(19-15)18-14(17-12)8-20-3/h4-7H,8,15H2,1-3H3,(H2,16,17,18,19). The highest BCUT2D eigenvalue weighted by molar-refractivity contribution is 5.63. The Morgan fingerprint density at radius 2 is 1.90 bits per heavy atom. The first-order valence-corrected chi connectivity index (χ1v) is 6.30. The van der Waals surface area contributed by atoms with Crippen molar-refractivity contribution in [2.75, 3.05) is 17.9 Å². The van der Waals surface area contributed by atoms with E-state index in [-0.39, 0.29) is 0 Å². The Bertz CT molecular complexity index is 600. The molecule has 0 saturated carbocycles. The predicted molar refractivity (Wildman–Crippen MR) is 79.8 cm³/mol. The molecule has 1 aromatic heterocycles. The summed E-state index contributed by atoms with van der Waals surface area (Å²) in [6.07, 6.45) is 0. The third kappa shape index (κ3) is 3.43. The van der Waals surface area contributed by atoms with Gasteiger partial charge in [0, 0.05) is 18.9 Å². The molecule has 0 radical (unpaired) electrons. The van der Waals surface area contributed by atoms with Gasteiger partial charge in [0.25, 0.3) is 0 Å². The smallest absolute Gasteiger partial charge is 0.158 e. The van der Waals surface area contributed by atoms with Gasteiger partial charge in [-0.15, -0.1) is 0 Å². The Kier molecular flexibility index (Phi) is 4.49. The second kappa shape index (κ2) is 6.31. The predicted octanol–water partition coefficient (Wildman–Crippen LogP) is 2.27. The molecule has 1 aromatic carbocycles. The number of nitrogens with zero attached hydrogens (tertiary/aromatic N) is 2. The Hall–Kier alpha value is -2.18. The summed E-state index contributed by atoms with van der Waals surface area (Å²) < 4.78 is 5.05. The number of aryl methyl sites for hydroxylation is 2. The number of benzene rings is 1. The van der Waals surface area contributed by atoms with Crippen LogP contribution in [-0.2, 0) is 11.3 Å². The van der Waals surface area contributed by atoms with Crippen molar-refractivity contribution in [1.29, 1.82) is 0 Å². The quantitative estimate of drug-likeness (QED) is 0.572. The van der Waals surface area contributed by atoms with E-state index in [1.165, 1.54) is 5.56 Å². The molecule has 0 bridgehead atoms. The van der Waals surface area contributed by atoms with Crippen molar-refractivity contribution in [3.63, 3.8) is 0 Å². The van der Waals surface area contributed by atoms with Gasteiger partial charge < -0.3 is 15.5 Å². The molecule has 6 nitrogen and oxygen atoms in total. The molecule has 106 valence electrons. The van der Waals surface area contributed by atoms with Crippen LogP contribution in [0.2, 0.25) is 0 Å². The second-order valence-electron chi connectivity index (χ2n) is 4.58. The first-order valence-electron chi connectivity index (χ1n) is 6.30. The molecule has 0 unspecified atom stereocenters. The van der Waals surface area contributed by atoms with Crippen LogP contribution in [0.15, 0.2) is 24.3 Å².